The van der Waals surface area contributed by atoms with Gasteiger partial charge in [-0.2, -0.15) is 19.5 Å². The number of anilines is 3. The van der Waals surface area contributed by atoms with Crippen LogP contribution in [0.1, 0.15) is 18.4 Å². The van der Waals surface area contributed by atoms with Crippen molar-refractivity contribution in [2.24, 2.45) is 5.10 Å². The van der Waals surface area contributed by atoms with Crippen LogP contribution in [-0.4, -0.2) is 100 Å². The van der Waals surface area contributed by atoms with Gasteiger partial charge in [0.05, 0.1) is 31.8 Å². The van der Waals surface area contributed by atoms with Crippen molar-refractivity contribution in [3.63, 3.8) is 0 Å². The summed E-state index contributed by atoms with van der Waals surface area (Å²) < 4.78 is 11.0. The first-order valence-corrected chi connectivity index (χ1v) is 12.0. The monoisotopic (exact) mass is 507 g/mol. The number of nitrogens with one attached hydrogen (secondary N) is 2. The van der Waals surface area contributed by atoms with E-state index in [0.717, 1.165) is 19.4 Å². The van der Waals surface area contributed by atoms with Crippen molar-refractivity contribution >= 4 is 35.1 Å². The van der Waals surface area contributed by atoms with Gasteiger partial charge in [-0.1, -0.05) is 17.2 Å². The molecule has 2 saturated heterocycles. The molecule has 2 aliphatic heterocycles. The Balaban J connectivity index is 1.42. The van der Waals surface area contributed by atoms with Gasteiger partial charge in [0.1, 0.15) is 25.7 Å². The van der Waals surface area contributed by atoms with Gasteiger partial charge in [-0.3, -0.25) is 0 Å². The maximum atomic E-state index is 12.9. The Labute approximate surface area is 208 Å². The number of aliphatic hydroxyl groups is 2. The summed E-state index contributed by atoms with van der Waals surface area (Å²) in [6, 6.07) is 6.72. The van der Waals surface area contributed by atoms with Gasteiger partial charge in [-0.05, 0) is 42.1 Å². The number of benzene rings is 1. The zero-order chi connectivity index (χ0) is 24.7. The third-order valence-corrected chi connectivity index (χ3v) is 6.04. The molecule has 2 aromatic rings. The van der Waals surface area contributed by atoms with E-state index >= 15 is 0 Å². The summed E-state index contributed by atoms with van der Waals surface area (Å²) in [5.74, 6) is 0.199. The number of hydrogen-bond donors (Lipinski definition) is 4. The van der Waals surface area contributed by atoms with Crippen LogP contribution < -0.4 is 15.7 Å². The number of halogens is 1. The maximum Gasteiger partial charge on any atom is 0.233 e. The van der Waals surface area contributed by atoms with Gasteiger partial charge < -0.3 is 35.4 Å². The van der Waals surface area contributed by atoms with Crippen LogP contribution in [0, 0.1) is 0 Å². The third kappa shape index (κ3) is 7.19. The molecule has 190 valence electrons. The topological polar surface area (TPSA) is 157 Å². The lowest BCUT2D eigenvalue weighted by Crippen LogP contribution is -2.56. The Morgan fingerprint density at radius 3 is 2.60 bits per heavy atom. The summed E-state index contributed by atoms with van der Waals surface area (Å²) in [7, 11) is 0. The summed E-state index contributed by atoms with van der Waals surface area (Å²) in [5.41, 5.74) is 1.05. The molecule has 0 amide bonds. The first-order valence-electron chi connectivity index (χ1n) is 11.6. The number of aromatic nitrogens is 3. The van der Waals surface area contributed by atoms with E-state index in [4.69, 9.17) is 21.1 Å². The summed E-state index contributed by atoms with van der Waals surface area (Å²) in [5, 5.41) is 42.7. The Kier molecular flexibility index (Phi) is 8.65. The van der Waals surface area contributed by atoms with Gasteiger partial charge in [0.15, 0.2) is 0 Å². The average molecular weight is 508 g/mol. The standard InChI is InChI=1S/C22H30ClN7O5/c23-20-26-21(24-12-18-2-1-9-35-18)28-22(27-20)25-16-5-3-15(4-6-16)19(33)29-30(13-17(32)14-31)7-10-34-11-8-30/h3-6,17-18,31-32H,1-2,7-14H2,(H2-,24,25,26,27,28,29,33). The molecular formula is C22H30ClN7O5. The summed E-state index contributed by atoms with van der Waals surface area (Å²) in [6.45, 7) is 2.86. The number of quaternary nitrogens is 1. The maximum absolute atomic E-state index is 12.9. The minimum Gasteiger partial charge on any atom is -0.855 e. The minimum atomic E-state index is -0.964. The van der Waals surface area contributed by atoms with Gasteiger partial charge in [0.25, 0.3) is 0 Å². The van der Waals surface area contributed by atoms with Crippen molar-refractivity contribution in [3.05, 3.63) is 35.1 Å². The van der Waals surface area contributed by atoms with Gasteiger partial charge in [0, 0.05) is 18.8 Å². The average Bonchev–Trinajstić information content (AvgIpc) is 3.37. The van der Waals surface area contributed by atoms with E-state index < -0.39 is 18.6 Å². The highest BCUT2D eigenvalue weighted by Gasteiger charge is 2.33. The molecule has 0 bridgehead atoms. The quantitative estimate of drug-likeness (QED) is 0.197. The molecule has 0 aliphatic carbocycles. The lowest BCUT2D eigenvalue weighted by atomic mass is 10.2. The van der Waals surface area contributed by atoms with Crippen LogP contribution in [0.25, 0.3) is 0 Å². The highest BCUT2D eigenvalue weighted by Crippen LogP contribution is 2.19. The third-order valence-electron chi connectivity index (χ3n) is 5.88. The smallest absolute Gasteiger partial charge is 0.233 e. The van der Waals surface area contributed by atoms with E-state index in [0.29, 0.717) is 50.0 Å². The normalized spacial score (nSPS) is 21.0. The molecule has 35 heavy (non-hydrogen) atoms. The van der Waals surface area contributed by atoms with Crippen molar-refractivity contribution < 1.29 is 29.4 Å². The predicted molar refractivity (Wildman–Crippen MR) is 127 cm³/mol. The van der Waals surface area contributed by atoms with Gasteiger partial charge in [-0.15, -0.1) is 0 Å². The van der Waals surface area contributed by atoms with Gasteiger partial charge in [-0.25, -0.2) is 0 Å². The fraction of sp³-hybridized carbons (Fsp3) is 0.545. The zero-order valence-corrected chi connectivity index (χ0v) is 20.0. The number of ether oxygens (including phenoxy) is 2. The first kappa shape index (κ1) is 25.5. The molecular weight excluding hydrogens is 478 g/mol. The second-order valence-electron chi connectivity index (χ2n) is 8.55. The van der Waals surface area contributed by atoms with Crippen molar-refractivity contribution in [2.45, 2.75) is 25.0 Å². The van der Waals surface area contributed by atoms with E-state index in [-0.39, 0.29) is 28.5 Å². The summed E-state index contributed by atoms with van der Waals surface area (Å²) >= 11 is 6.06. The number of hydrogen-bond acceptors (Lipinski definition) is 11. The van der Waals surface area contributed by atoms with Crippen LogP contribution in [0.15, 0.2) is 29.4 Å². The minimum absolute atomic E-state index is 0.0194. The molecule has 13 heteroatoms. The fourth-order valence-electron chi connectivity index (χ4n) is 4.03. The zero-order valence-electron chi connectivity index (χ0n) is 19.3. The van der Waals surface area contributed by atoms with E-state index in [2.05, 4.69) is 30.7 Å². The lowest BCUT2D eigenvalue weighted by molar-refractivity contribution is -0.945. The van der Waals surface area contributed by atoms with Gasteiger partial charge in [0.2, 0.25) is 17.2 Å². The van der Waals surface area contributed by atoms with E-state index in [1.807, 2.05) is 0 Å². The number of morpholine rings is 1. The molecule has 12 nitrogen and oxygen atoms in total. The molecule has 2 atom stereocenters. The summed E-state index contributed by atoms with van der Waals surface area (Å²) in [6.07, 6.45) is 1.20. The highest BCUT2D eigenvalue weighted by atomic mass is 35.5. The Bertz CT molecular complexity index is 998. The van der Waals surface area contributed by atoms with Crippen LogP contribution in [-0.2, 0) is 9.47 Å². The molecule has 0 spiro atoms. The Morgan fingerprint density at radius 1 is 1.17 bits per heavy atom. The van der Waals surface area contributed by atoms with E-state index in [1.165, 1.54) is 0 Å². The largest absolute Gasteiger partial charge is 0.855 e. The van der Waals surface area contributed by atoms with E-state index in [9.17, 15) is 15.3 Å². The molecule has 2 unspecified atom stereocenters. The number of nitrogens with zero attached hydrogens (tertiary/aromatic N) is 5. The first-order chi connectivity index (χ1) is 16.9. The molecule has 3 heterocycles. The highest BCUT2D eigenvalue weighted by molar-refractivity contribution is 6.28. The number of aliphatic hydroxyl groups excluding tert-OH is 2. The number of rotatable bonds is 10. The molecule has 1 aromatic heterocycles. The second-order valence-corrected chi connectivity index (χ2v) is 8.89. The van der Waals surface area contributed by atoms with Crippen LogP contribution in [0.2, 0.25) is 5.28 Å². The Morgan fingerprint density at radius 2 is 1.91 bits per heavy atom. The molecule has 0 radical (unpaired) electrons. The molecule has 2 fully saturated rings. The SMILES string of the molecule is [O-]/C(=N\[N+]1(CC(O)CO)CCOCC1)c1ccc(Nc2nc(Cl)nc(NCC3CCCO3)n2)cc1. The predicted octanol–water partition coefficient (Wildman–Crippen LogP) is 0.0816. The fourth-order valence-corrected chi connectivity index (χ4v) is 4.19. The van der Waals surface area contributed by atoms with Crippen LogP contribution in [0.3, 0.4) is 0 Å². The van der Waals surface area contributed by atoms with Gasteiger partial charge >= 0.3 is 0 Å². The molecule has 1 aromatic carbocycles. The molecule has 4 rings (SSSR count). The Hall–Kier alpha value is -2.61. The molecule has 0 saturated carbocycles. The van der Waals surface area contributed by atoms with Crippen molar-refractivity contribution in [3.8, 4) is 0 Å². The lowest BCUT2D eigenvalue weighted by Gasteiger charge is -2.37. The molecule has 2 aliphatic rings. The van der Waals surface area contributed by atoms with Crippen LogP contribution in [0.4, 0.5) is 17.6 Å². The van der Waals surface area contributed by atoms with Crippen LogP contribution in [0.5, 0.6) is 0 Å². The van der Waals surface area contributed by atoms with Crippen molar-refractivity contribution in [2.75, 3.05) is 63.2 Å². The van der Waals surface area contributed by atoms with Crippen molar-refractivity contribution in [1.29, 1.82) is 0 Å². The second kappa shape index (κ2) is 11.9. The summed E-state index contributed by atoms with van der Waals surface area (Å²) in [4.78, 5) is 12.5. The van der Waals surface area contributed by atoms with Crippen molar-refractivity contribution in [1.82, 2.24) is 15.0 Å². The van der Waals surface area contributed by atoms with E-state index in [1.54, 1.807) is 24.3 Å². The van der Waals surface area contributed by atoms with Crippen LogP contribution >= 0.6 is 11.6 Å². The molecule has 4 N–H and O–H groups in total.